The van der Waals surface area contributed by atoms with Crippen LogP contribution in [0.4, 0.5) is 0 Å². The summed E-state index contributed by atoms with van der Waals surface area (Å²) < 4.78 is 35.8. The fraction of sp³-hybridized carbons (Fsp3) is 0.375. The molecule has 0 unspecified atom stereocenters. The maximum absolute atomic E-state index is 11.5. The number of thiophene rings is 1. The van der Waals surface area contributed by atoms with Crippen LogP contribution in [0.2, 0.25) is 0 Å². The van der Waals surface area contributed by atoms with Crippen LogP contribution >= 0.6 is 22.0 Å². The van der Waals surface area contributed by atoms with E-state index < -0.39 is 15.3 Å². The summed E-state index contributed by atoms with van der Waals surface area (Å²) in [5.41, 5.74) is 0. The smallest absolute Gasteiger partial charge is 0.401 e. The highest BCUT2D eigenvalue weighted by atomic mass is 35.7. The Balaban J connectivity index is 3.14. The molecule has 0 aromatic carbocycles. The average molecular weight is 301 g/mol. The Morgan fingerprint density at radius 1 is 1.53 bits per heavy atom. The van der Waals surface area contributed by atoms with Gasteiger partial charge < -0.3 is 13.7 Å². The van der Waals surface area contributed by atoms with E-state index in [0.717, 1.165) is 11.3 Å². The van der Waals surface area contributed by atoms with E-state index in [1.807, 2.05) is 0 Å². The first kappa shape index (κ1) is 14.1. The van der Waals surface area contributed by atoms with E-state index in [1.54, 1.807) is 6.92 Å². The van der Waals surface area contributed by atoms with Crippen LogP contribution in [0, 0.1) is 0 Å². The minimum atomic E-state index is -4.26. The molecule has 0 N–H and O–H groups in total. The Kier molecular flexibility index (Phi) is 4.61. The minimum Gasteiger partial charge on any atom is -0.492 e. The number of carbonyl (C=O) groups excluding carboxylic acids is 1. The largest absolute Gasteiger partial charge is 0.492 e. The number of halogens is 1. The SMILES string of the molecule is CCOC(=O)c1scc(OC)c1OS(=O)(=O)Cl. The third-order valence-corrected chi connectivity index (χ3v) is 3.05. The maximum Gasteiger partial charge on any atom is 0.401 e. The van der Waals surface area contributed by atoms with Crippen LogP contribution < -0.4 is 8.92 Å². The summed E-state index contributed by atoms with van der Waals surface area (Å²) in [6, 6.07) is 0. The summed E-state index contributed by atoms with van der Waals surface area (Å²) in [4.78, 5) is 11.5. The summed E-state index contributed by atoms with van der Waals surface area (Å²) in [5.74, 6) is -0.857. The van der Waals surface area contributed by atoms with Gasteiger partial charge in [0, 0.05) is 5.38 Å². The van der Waals surface area contributed by atoms with Crippen LogP contribution in [0.3, 0.4) is 0 Å². The zero-order valence-electron chi connectivity index (χ0n) is 8.93. The van der Waals surface area contributed by atoms with Gasteiger partial charge in [0.15, 0.2) is 10.6 Å². The molecular weight excluding hydrogens is 292 g/mol. The molecule has 1 aromatic heterocycles. The molecule has 0 amide bonds. The fourth-order valence-corrected chi connectivity index (χ4v) is 2.43. The van der Waals surface area contributed by atoms with E-state index in [4.69, 9.17) is 20.2 Å². The van der Waals surface area contributed by atoms with Gasteiger partial charge in [0.1, 0.15) is 0 Å². The average Bonchev–Trinajstić information content (AvgIpc) is 2.58. The molecule has 1 aromatic rings. The van der Waals surface area contributed by atoms with Crippen LogP contribution in [0.1, 0.15) is 16.6 Å². The molecule has 6 nitrogen and oxygen atoms in total. The highest BCUT2D eigenvalue weighted by molar-refractivity contribution is 8.10. The van der Waals surface area contributed by atoms with Crippen molar-refractivity contribution < 1.29 is 26.9 Å². The van der Waals surface area contributed by atoms with Crippen molar-refractivity contribution in [2.24, 2.45) is 0 Å². The lowest BCUT2D eigenvalue weighted by atomic mass is 10.4. The summed E-state index contributed by atoms with van der Waals surface area (Å²) in [5, 5.41) is 1.42. The van der Waals surface area contributed by atoms with E-state index in [1.165, 1.54) is 12.5 Å². The Labute approximate surface area is 107 Å². The van der Waals surface area contributed by atoms with Crippen molar-refractivity contribution in [3.05, 3.63) is 10.3 Å². The first-order valence-corrected chi connectivity index (χ1v) is 7.47. The van der Waals surface area contributed by atoms with Gasteiger partial charge >= 0.3 is 15.3 Å². The van der Waals surface area contributed by atoms with Crippen LogP contribution in [0.25, 0.3) is 0 Å². The molecule has 0 atom stereocenters. The Bertz CT molecular complexity index is 506. The molecular formula is C8H9ClO6S2. The van der Waals surface area contributed by atoms with E-state index in [-0.39, 0.29) is 23.0 Å². The molecule has 0 saturated heterocycles. The first-order valence-electron chi connectivity index (χ1n) is 4.35. The van der Waals surface area contributed by atoms with E-state index in [0.29, 0.717) is 0 Å². The maximum atomic E-state index is 11.5. The van der Waals surface area contributed by atoms with E-state index >= 15 is 0 Å². The molecule has 0 aliphatic heterocycles. The van der Waals surface area contributed by atoms with Crippen molar-refractivity contribution in [2.45, 2.75) is 6.92 Å². The second-order valence-corrected chi connectivity index (χ2v) is 5.63. The predicted octanol–water partition coefficient (Wildman–Crippen LogP) is 1.80. The Morgan fingerprint density at radius 2 is 2.18 bits per heavy atom. The van der Waals surface area contributed by atoms with E-state index in [9.17, 15) is 13.2 Å². The normalized spacial score (nSPS) is 11.0. The minimum absolute atomic E-state index is 0.0204. The summed E-state index contributed by atoms with van der Waals surface area (Å²) >= 11 is 0.942. The van der Waals surface area contributed by atoms with Crippen molar-refractivity contribution in [3.63, 3.8) is 0 Å². The molecule has 96 valence electrons. The number of hydrogen-bond donors (Lipinski definition) is 0. The monoisotopic (exact) mass is 300 g/mol. The van der Waals surface area contributed by atoms with Gasteiger partial charge in [-0.1, -0.05) is 0 Å². The molecule has 9 heteroatoms. The van der Waals surface area contributed by atoms with Crippen LogP contribution in [-0.2, 0) is 14.1 Å². The van der Waals surface area contributed by atoms with Crippen molar-refractivity contribution >= 4 is 37.3 Å². The van der Waals surface area contributed by atoms with Gasteiger partial charge in [-0.15, -0.1) is 11.3 Å². The number of esters is 1. The van der Waals surface area contributed by atoms with Crippen LogP contribution in [0.5, 0.6) is 11.5 Å². The van der Waals surface area contributed by atoms with Crippen molar-refractivity contribution in [3.8, 4) is 11.5 Å². The van der Waals surface area contributed by atoms with Crippen LogP contribution in [0.15, 0.2) is 5.38 Å². The van der Waals surface area contributed by atoms with Crippen molar-refractivity contribution in [1.29, 1.82) is 0 Å². The van der Waals surface area contributed by atoms with Gasteiger partial charge in [0.25, 0.3) is 0 Å². The first-order chi connectivity index (χ1) is 7.89. The predicted molar refractivity (Wildman–Crippen MR) is 62.2 cm³/mol. The van der Waals surface area contributed by atoms with Gasteiger partial charge in [-0.25, -0.2) is 4.79 Å². The number of ether oxygens (including phenoxy) is 2. The second kappa shape index (κ2) is 5.56. The van der Waals surface area contributed by atoms with Gasteiger partial charge in [-0.05, 0) is 6.92 Å². The molecule has 0 aliphatic rings. The lowest BCUT2D eigenvalue weighted by Crippen LogP contribution is -2.07. The zero-order valence-corrected chi connectivity index (χ0v) is 11.3. The standard InChI is InChI=1S/C8H9ClO6S2/c1-3-14-8(10)7-6(15-17(9,11)12)5(13-2)4-16-7/h4H,3H2,1-2H3. The topological polar surface area (TPSA) is 78.9 Å². The third kappa shape index (κ3) is 3.76. The number of hydrogen-bond acceptors (Lipinski definition) is 7. The highest BCUT2D eigenvalue weighted by Gasteiger charge is 2.25. The number of rotatable bonds is 5. The summed E-state index contributed by atoms with van der Waals surface area (Å²) in [6.07, 6.45) is 0. The lowest BCUT2D eigenvalue weighted by molar-refractivity contribution is 0.0530. The molecule has 0 fully saturated rings. The molecule has 0 bridgehead atoms. The summed E-state index contributed by atoms with van der Waals surface area (Å²) in [7, 11) is 2.00. The fourth-order valence-electron chi connectivity index (χ4n) is 0.988. The van der Waals surface area contributed by atoms with Gasteiger partial charge in [-0.2, -0.15) is 8.42 Å². The van der Waals surface area contributed by atoms with Crippen molar-refractivity contribution in [1.82, 2.24) is 0 Å². The molecule has 0 saturated carbocycles. The molecule has 1 rings (SSSR count). The molecule has 0 aliphatic carbocycles. The number of carbonyl (C=O) groups is 1. The zero-order chi connectivity index (χ0) is 13.1. The molecule has 0 spiro atoms. The second-order valence-electron chi connectivity index (χ2n) is 2.66. The number of methoxy groups -OCH3 is 1. The lowest BCUT2D eigenvalue weighted by Gasteiger charge is -2.05. The third-order valence-electron chi connectivity index (χ3n) is 1.58. The van der Waals surface area contributed by atoms with E-state index in [2.05, 4.69) is 4.18 Å². The quantitative estimate of drug-likeness (QED) is 0.609. The molecule has 0 radical (unpaired) electrons. The van der Waals surface area contributed by atoms with Crippen molar-refractivity contribution in [2.75, 3.05) is 13.7 Å². The molecule has 17 heavy (non-hydrogen) atoms. The van der Waals surface area contributed by atoms with Gasteiger partial charge in [0.05, 0.1) is 24.4 Å². The molecule has 1 heterocycles. The van der Waals surface area contributed by atoms with Crippen LogP contribution in [-0.4, -0.2) is 28.1 Å². The van der Waals surface area contributed by atoms with Gasteiger partial charge in [-0.3, -0.25) is 0 Å². The Hall–Kier alpha value is -0.990. The van der Waals surface area contributed by atoms with Gasteiger partial charge in [0.2, 0.25) is 5.75 Å². The summed E-state index contributed by atoms with van der Waals surface area (Å²) in [6.45, 7) is 1.79. The highest BCUT2D eigenvalue weighted by Crippen LogP contribution is 2.38. The Morgan fingerprint density at radius 3 is 2.65 bits per heavy atom.